The molecule has 1 heterocycles. The maximum atomic E-state index is 12.8. The minimum atomic E-state index is -3.84. The summed E-state index contributed by atoms with van der Waals surface area (Å²) in [6.45, 7) is 5.27. The van der Waals surface area contributed by atoms with E-state index in [1.807, 2.05) is 0 Å². The smallest absolute Gasteiger partial charge is 0.374 e. The zero-order chi connectivity index (χ0) is 20.5. The molecule has 0 radical (unpaired) electrons. The topological polar surface area (TPSA) is 106 Å². The molecule has 2 aromatic carbocycles. The van der Waals surface area contributed by atoms with Gasteiger partial charge >= 0.3 is 5.97 Å². The van der Waals surface area contributed by atoms with Crippen molar-refractivity contribution in [2.24, 2.45) is 0 Å². The Bertz CT molecular complexity index is 1130. The minimum Gasteiger partial charge on any atom is -0.508 e. The Kier molecular flexibility index (Phi) is 5.44. The van der Waals surface area contributed by atoms with Crippen LogP contribution in [0.2, 0.25) is 0 Å². The van der Waals surface area contributed by atoms with Crippen molar-refractivity contribution in [1.29, 1.82) is 0 Å². The van der Waals surface area contributed by atoms with E-state index in [2.05, 4.69) is 4.72 Å². The number of aromatic hydroxyl groups is 1. The van der Waals surface area contributed by atoms with E-state index in [9.17, 15) is 18.3 Å². The molecule has 0 aliphatic carbocycles. The number of aryl methyl sites for hydroxylation is 1. The third-order valence-electron chi connectivity index (χ3n) is 4.38. The molecule has 0 saturated heterocycles. The summed E-state index contributed by atoms with van der Waals surface area (Å²) >= 11 is 0. The lowest BCUT2D eigenvalue weighted by atomic mass is 10.1. The number of carbonyl (C=O) groups excluding carboxylic acids is 1. The third kappa shape index (κ3) is 3.88. The van der Waals surface area contributed by atoms with Gasteiger partial charge in [-0.1, -0.05) is 12.1 Å². The van der Waals surface area contributed by atoms with Crippen LogP contribution in [-0.4, -0.2) is 26.1 Å². The maximum Gasteiger partial charge on any atom is 0.374 e. The summed E-state index contributed by atoms with van der Waals surface area (Å²) in [5.41, 5.74) is 1.56. The average Bonchev–Trinajstić information content (AvgIpc) is 2.98. The van der Waals surface area contributed by atoms with E-state index in [0.717, 1.165) is 0 Å². The lowest BCUT2D eigenvalue weighted by Gasteiger charge is -2.15. The second kappa shape index (κ2) is 7.65. The van der Waals surface area contributed by atoms with Gasteiger partial charge in [0.2, 0.25) is 15.8 Å². The van der Waals surface area contributed by atoms with Gasteiger partial charge in [0.05, 0.1) is 11.5 Å². The molecule has 148 valence electrons. The SMILES string of the molecule is CCOC(=O)c1oc2ccc(S(=O)(=O)NC(C)c3cccc(O)c3)cc2c1C. The van der Waals surface area contributed by atoms with E-state index in [4.69, 9.17) is 9.15 Å². The average molecular weight is 403 g/mol. The molecule has 1 aromatic heterocycles. The molecule has 0 spiro atoms. The van der Waals surface area contributed by atoms with Gasteiger partial charge in [0, 0.05) is 17.0 Å². The first-order valence-electron chi connectivity index (χ1n) is 8.74. The van der Waals surface area contributed by atoms with Gasteiger partial charge in [-0.2, -0.15) is 0 Å². The quantitative estimate of drug-likeness (QED) is 0.609. The van der Waals surface area contributed by atoms with Gasteiger partial charge in [-0.3, -0.25) is 0 Å². The van der Waals surface area contributed by atoms with Crippen LogP contribution in [0.5, 0.6) is 5.75 Å². The van der Waals surface area contributed by atoms with E-state index in [1.165, 1.54) is 30.3 Å². The molecular weight excluding hydrogens is 382 g/mol. The van der Waals surface area contributed by atoms with Crippen LogP contribution >= 0.6 is 0 Å². The van der Waals surface area contributed by atoms with E-state index in [1.54, 1.807) is 32.9 Å². The number of rotatable bonds is 6. The number of phenols is 1. The number of ether oxygens (including phenoxy) is 1. The van der Waals surface area contributed by atoms with Crippen molar-refractivity contribution in [3.05, 3.63) is 59.4 Å². The first kappa shape index (κ1) is 19.9. The van der Waals surface area contributed by atoms with Gasteiger partial charge in [-0.05, 0) is 56.7 Å². The van der Waals surface area contributed by atoms with Crippen molar-refractivity contribution in [2.75, 3.05) is 6.61 Å². The summed E-state index contributed by atoms with van der Waals surface area (Å²) in [4.78, 5) is 12.0. The normalized spacial score (nSPS) is 12.8. The number of hydrogen-bond acceptors (Lipinski definition) is 6. The number of furan rings is 1. The number of benzene rings is 2. The van der Waals surface area contributed by atoms with Gasteiger partial charge < -0.3 is 14.3 Å². The molecule has 0 aliphatic rings. The summed E-state index contributed by atoms with van der Waals surface area (Å²) < 4.78 is 38.7. The molecule has 1 unspecified atom stereocenters. The number of fused-ring (bicyclic) bond motifs is 1. The number of nitrogens with one attached hydrogen (secondary N) is 1. The van der Waals surface area contributed by atoms with Gasteiger partial charge in [-0.25, -0.2) is 17.9 Å². The van der Waals surface area contributed by atoms with Crippen molar-refractivity contribution >= 4 is 27.0 Å². The van der Waals surface area contributed by atoms with Gasteiger partial charge in [-0.15, -0.1) is 0 Å². The van der Waals surface area contributed by atoms with Crippen molar-refractivity contribution in [3.63, 3.8) is 0 Å². The van der Waals surface area contributed by atoms with Crippen LogP contribution < -0.4 is 4.72 Å². The Morgan fingerprint density at radius 2 is 2.00 bits per heavy atom. The highest BCUT2D eigenvalue weighted by molar-refractivity contribution is 7.89. The van der Waals surface area contributed by atoms with Crippen LogP contribution in [0.4, 0.5) is 0 Å². The monoisotopic (exact) mass is 403 g/mol. The number of phenolic OH excluding ortho intramolecular Hbond substituents is 1. The van der Waals surface area contributed by atoms with Crippen LogP contribution in [0.3, 0.4) is 0 Å². The van der Waals surface area contributed by atoms with Gasteiger partial charge in [0.25, 0.3) is 0 Å². The van der Waals surface area contributed by atoms with Crippen molar-refractivity contribution in [3.8, 4) is 5.75 Å². The molecule has 0 aliphatic heterocycles. The van der Waals surface area contributed by atoms with E-state index >= 15 is 0 Å². The second-order valence-electron chi connectivity index (χ2n) is 6.37. The summed E-state index contributed by atoms with van der Waals surface area (Å²) in [6, 6.07) is 10.2. The molecule has 3 rings (SSSR count). The van der Waals surface area contributed by atoms with Crippen molar-refractivity contribution < 1.29 is 27.5 Å². The molecule has 2 N–H and O–H groups in total. The fourth-order valence-corrected chi connectivity index (χ4v) is 4.18. The van der Waals surface area contributed by atoms with Crippen LogP contribution in [0.1, 0.15) is 41.6 Å². The second-order valence-corrected chi connectivity index (χ2v) is 8.09. The predicted octanol–water partition coefficient (Wildman–Crippen LogP) is 3.66. The third-order valence-corrected chi connectivity index (χ3v) is 5.92. The highest BCUT2D eigenvalue weighted by Gasteiger charge is 2.23. The lowest BCUT2D eigenvalue weighted by molar-refractivity contribution is 0.0491. The Labute approximate surface area is 163 Å². The van der Waals surface area contributed by atoms with Crippen molar-refractivity contribution in [2.45, 2.75) is 31.7 Å². The fraction of sp³-hybridized carbons (Fsp3) is 0.250. The standard InChI is InChI=1S/C20H21NO6S/c1-4-26-20(23)19-12(2)17-11-16(8-9-18(17)27-19)28(24,25)21-13(3)14-6-5-7-15(22)10-14/h5-11,13,21-22H,4H2,1-3H3. The zero-order valence-electron chi connectivity index (χ0n) is 15.7. The molecule has 0 saturated carbocycles. The van der Waals surface area contributed by atoms with Crippen LogP contribution in [0.15, 0.2) is 51.8 Å². The Morgan fingerprint density at radius 1 is 1.25 bits per heavy atom. The number of esters is 1. The molecule has 1 atom stereocenters. The largest absolute Gasteiger partial charge is 0.508 e. The summed E-state index contributed by atoms with van der Waals surface area (Å²) in [6.07, 6.45) is 0. The minimum absolute atomic E-state index is 0.0475. The maximum absolute atomic E-state index is 12.8. The fourth-order valence-electron chi connectivity index (χ4n) is 2.92. The van der Waals surface area contributed by atoms with Crippen molar-refractivity contribution in [1.82, 2.24) is 4.72 Å². The molecular formula is C20H21NO6S. The first-order chi connectivity index (χ1) is 13.2. The number of carbonyl (C=O) groups is 1. The van der Waals surface area contributed by atoms with Crippen LogP contribution in [0, 0.1) is 6.92 Å². The molecule has 8 heteroatoms. The molecule has 0 bridgehead atoms. The molecule has 3 aromatic rings. The van der Waals surface area contributed by atoms with E-state index in [0.29, 0.717) is 22.1 Å². The van der Waals surface area contributed by atoms with Gasteiger partial charge in [0.1, 0.15) is 11.3 Å². The lowest BCUT2D eigenvalue weighted by Crippen LogP contribution is -2.26. The zero-order valence-corrected chi connectivity index (χ0v) is 16.5. The summed E-state index contributed by atoms with van der Waals surface area (Å²) in [5, 5.41) is 10.1. The molecule has 0 fully saturated rings. The van der Waals surface area contributed by atoms with E-state index < -0.39 is 22.0 Å². The first-order valence-corrected chi connectivity index (χ1v) is 10.2. The number of sulfonamides is 1. The summed E-state index contributed by atoms with van der Waals surface area (Å²) in [5.74, 6) is -0.464. The Balaban J connectivity index is 1.93. The predicted molar refractivity (Wildman–Crippen MR) is 104 cm³/mol. The Hall–Kier alpha value is -2.84. The highest BCUT2D eigenvalue weighted by atomic mass is 32.2. The highest BCUT2D eigenvalue weighted by Crippen LogP contribution is 2.29. The van der Waals surface area contributed by atoms with Crippen LogP contribution in [-0.2, 0) is 14.8 Å². The van der Waals surface area contributed by atoms with Gasteiger partial charge in [0.15, 0.2) is 0 Å². The number of hydrogen-bond donors (Lipinski definition) is 2. The Morgan fingerprint density at radius 3 is 2.68 bits per heavy atom. The van der Waals surface area contributed by atoms with Crippen LogP contribution in [0.25, 0.3) is 11.0 Å². The molecule has 28 heavy (non-hydrogen) atoms. The molecule has 7 nitrogen and oxygen atoms in total. The van der Waals surface area contributed by atoms with E-state index in [-0.39, 0.29) is 23.0 Å². The summed E-state index contributed by atoms with van der Waals surface area (Å²) in [7, 11) is -3.84. The molecule has 0 amide bonds.